The van der Waals surface area contributed by atoms with E-state index in [4.69, 9.17) is 0 Å². The molecule has 0 N–H and O–H groups in total. The molecule has 0 spiro atoms. The summed E-state index contributed by atoms with van der Waals surface area (Å²) in [6, 6.07) is 7.74. The van der Waals surface area contributed by atoms with Gasteiger partial charge in [0.15, 0.2) is 5.78 Å². The van der Waals surface area contributed by atoms with Crippen molar-refractivity contribution in [3.8, 4) is 0 Å². The van der Waals surface area contributed by atoms with Gasteiger partial charge in [0.05, 0.1) is 0 Å². The van der Waals surface area contributed by atoms with Crippen LogP contribution in [0.4, 0.5) is 0 Å². The van der Waals surface area contributed by atoms with Crippen molar-refractivity contribution in [1.82, 2.24) is 0 Å². The van der Waals surface area contributed by atoms with Crippen molar-refractivity contribution in [3.63, 3.8) is 0 Å². The molecule has 0 aliphatic rings. The van der Waals surface area contributed by atoms with Crippen LogP contribution in [0.5, 0.6) is 0 Å². The van der Waals surface area contributed by atoms with Gasteiger partial charge in [-0.2, -0.15) is 0 Å². The van der Waals surface area contributed by atoms with Crippen LogP contribution in [0.25, 0.3) is 0 Å². The van der Waals surface area contributed by atoms with Crippen LogP contribution in [-0.2, 0) is 9.59 Å². The first-order chi connectivity index (χ1) is 7.43. The molecule has 0 saturated heterocycles. The number of carbonyl (C=O) groups excluding carboxylic acids is 2. The minimum atomic E-state index is -0.522. The number of Topliss-reactive ketones (excluding diaryl/α,β-unsaturated/α-hetero) is 2. The van der Waals surface area contributed by atoms with Gasteiger partial charge in [0.25, 0.3) is 0 Å². The molecule has 0 bridgehead atoms. The van der Waals surface area contributed by atoms with Crippen molar-refractivity contribution < 1.29 is 9.59 Å². The minimum absolute atomic E-state index is 0.405. The number of halogens is 1. The Morgan fingerprint density at radius 2 is 1.50 bits per heavy atom. The first kappa shape index (κ1) is 13.1. The van der Waals surface area contributed by atoms with Crippen LogP contribution in [0.2, 0.25) is 0 Å². The van der Waals surface area contributed by atoms with E-state index in [0.29, 0.717) is 5.92 Å². The van der Waals surface area contributed by atoms with E-state index in [1.54, 1.807) is 0 Å². The van der Waals surface area contributed by atoms with Crippen molar-refractivity contribution in [2.45, 2.75) is 31.5 Å². The summed E-state index contributed by atoms with van der Waals surface area (Å²) in [6.45, 7) is 5.52. The Balaban J connectivity index is 2.89. The number of hydrogen-bond acceptors (Lipinski definition) is 2. The fraction of sp³-hybridized carbons (Fsp3) is 0.385. The van der Waals surface area contributed by atoms with E-state index in [9.17, 15) is 9.59 Å². The van der Waals surface area contributed by atoms with E-state index >= 15 is 0 Å². The Hall–Kier alpha value is -0.960. The summed E-state index contributed by atoms with van der Waals surface area (Å²) in [5, 5.41) is 0. The first-order valence-electron chi connectivity index (χ1n) is 5.22. The highest BCUT2D eigenvalue weighted by Crippen LogP contribution is 2.25. The fourth-order valence-electron chi connectivity index (χ4n) is 1.38. The lowest BCUT2D eigenvalue weighted by atomic mass is 9.99. The van der Waals surface area contributed by atoms with Crippen LogP contribution in [0.15, 0.2) is 24.3 Å². The molecule has 86 valence electrons. The molecule has 0 saturated carbocycles. The van der Waals surface area contributed by atoms with Crippen molar-refractivity contribution in [1.29, 1.82) is 0 Å². The smallest absolute Gasteiger partial charge is 0.216 e. The number of alkyl halides is 1. The molecule has 1 unspecified atom stereocenters. The quantitative estimate of drug-likeness (QED) is 0.627. The van der Waals surface area contributed by atoms with E-state index in [1.807, 2.05) is 24.3 Å². The molecular formula is C13H15BrO2. The van der Waals surface area contributed by atoms with Gasteiger partial charge in [0, 0.05) is 6.92 Å². The summed E-state index contributed by atoms with van der Waals surface area (Å²) < 4.78 is 0. The number of rotatable bonds is 4. The zero-order valence-electron chi connectivity index (χ0n) is 9.66. The summed E-state index contributed by atoms with van der Waals surface area (Å²) in [4.78, 5) is 21.9. The van der Waals surface area contributed by atoms with Crippen LogP contribution in [-0.4, -0.2) is 11.6 Å². The second-order valence-corrected chi connectivity index (χ2v) is 5.02. The molecule has 1 aromatic rings. The van der Waals surface area contributed by atoms with Crippen LogP contribution >= 0.6 is 15.9 Å². The third-order valence-corrected chi connectivity index (χ3v) is 3.42. The van der Waals surface area contributed by atoms with Gasteiger partial charge in [-0.1, -0.05) is 54.0 Å². The topological polar surface area (TPSA) is 34.1 Å². The van der Waals surface area contributed by atoms with E-state index < -0.39 is 16.4 Å². The average molecular weight is 283 g/mol. The lowest BCUT2D eigenvalue weighted by Gasteiger charge is -2.09. The molecule has 1 aromatic carbocycles. The normalized spacial score (nSPS) is 12.6. The van der Waals surface area contributed by atoms with E-state index in [2.05, 4.69) is 29.8 Å². The summed E-state index contributed by atoms with van der Waals surface area (Å²) in [7, 11) is 0. The molecule has 1 atom stereocenters. The molecule has 0 radical (unpaired) electrons. The Labute approximate surface area is 104 Å². The zero-order chi connectivity index (χ0) is 12.3. The highest BCUT2D eigenvalue weighted by molar-refractivity contribution is 9.09. The lowest BCUT2D eigenvalue weighted by molar-refractivity contribution is -0.135. The van der Waals surface area contributed by atoms with Gasteiger partial charge in [0.1, 0.15) is 4.83 Å². The van der Waals surface area contributed by atoms with Gasteiger partial charge in [0.2, 0.25) is 5.78 Å². The Kier molecular flexibility index (Phi) is 4.42. The number of benzene rings is 1. The molecule has 0 aliphatic heterocycles. The highest BCUT2D eigenvalue weighted by atomic mass is 79.9. The predicted molar refractivity (Wildman–Crippen MR) is 67.9 cm³/mol. The van der Waals surface area contributed by atoms with Crippen molar-refractivity contribution in [2.75, 3.05) is 0 Å². The molecule has 0 heterocycles. The molecule has 3 heteroatoms. The van der Waals surface area contributed by atoms with E-state index in [1.165, 1.54) is 12.5 Å². The van der Waals surface area contributed by atoms with E-state index in [-0.39, 0.29) is 0 Å². The summed E-state index contributed by atoms with van der Waals surface area (Å²) in [6.07, 6.45) is 0. The zero-order valence-corrected chi connectivity index (χ0v) is 11.2. The first-order valence-corrected chi connectivity index (χ1v) is 6.13. The monoisotopic (exact) mass is 282 g/mol. The van der Waals surface area contributed by atoms with Crippen LogP contribution in [0.3, 0.4) is 0 Å². The largest absolute Gasteiger partial charge is 0.291 e. The number of hydrogen-bond donors (Lipinski definition) is 0. The SMILES string of the molecule is CC(=O)C(=O)C(Br)c1ccc(C(C)C)cc1. The molecule has 2 nitrogen and oxygen atoms in total. The second-order valence-electron chi connectivity index (χ2n) is 4.10. The van der Waals surface area contributed by atoms with Gasteiger partial charge in [-0.15, -0.1) is 0 Å². The van der Waals surface area contributed by atoms with Gasteiger partial charge >= 0.3 is 0 Å². The standard InChI is InChI=1S/C13H15BrO2/c1-8(2)10-4-6-11(7-5-10)12(14)13(16)9(3)15/h4-8,12H,1-3H3. The van der Waals surface area contributed by atoms with Crippen molar-refractivity contribution in [3.05, 3.63) is 35.4 Å². The van der Waals surface area contributed by atoms with Crippen molar-refractivity contribution >= 4 is 27.5 Å². The molecule has 0 fully saturated rings. The maximum atomic E-state index is 11.5. The lowest BCUT2D eigenvalue weighted by Crippen LogP contribution is -2.15. The van der Waals surface area contributed by atoms with E-state index in [0.717, 1.165) is 5.56 Å². The van der Waals surface area contributed by atoms with Crippen LogP contribution in [0.1, 0.15) is 42.6 Å². The van der Waals surface area contributed by atoms with Crippen LogP contribution < -0.4 is 0 Å². The Bertz CT molecular complexity index is 393. The highest BCUT2D eigenvalue weighted by Gasteiger charge is 2.20. The fourth-order valence-corrected chi connectivity index (χ4v) is 2.01. The van der Waals surface area contributed by atoms with Crippen LogP contribution in [0, 0.1) is 0 Å². The maximum Gasteiger partial charge on any atom is 0.216 e. The summed E-state index contributed by atoms with van der Waals surface area (Å²) in [5.41, 5.74) is 2.04. The number of carbonyl (C=O) groups is 2. The summed E-state index contributed by atoms with van der Waals surface area (Å²) in [5.74, 6) is -0.363. The molecule has 0 amide bonds. The molecule has 0 aromatic heterocycles. The maximum absolute atomic E-state index is 11.5. The molecule has 16 heavy (non-hydrogen) atoms. The number of ketones is 2. The van der Waals surface area contributed by atoms with Gasteiger partial charge in [-0.3, -0.25) is 9.59 Å². The van der Waals surface area contributed by atoms with Gasteiger partial charge < -0.3 is 0 Å². The Morgan fingerprint density at radius 3 is 1.88 bits per heavy atom. The summed E-state index contributed by atoms with van der Waals surface area (Å²) >= 11 is 3.24. The van der Waals surface area contributed by atoms with Crippen molar-refractivity contribution in [2.24, 2.45) is 0 Å². The Morgan fingerprint density at radius 1 is 1.06 bits per heavy atom. The predicted octanol–water partition coefficient (Wildman–Crippen LogP) is 3.40. The molecule has 0 aliphatic carbocycles. The van der Waals surface area contributed by atoms with Gasteiger partial charge in [-0.25, -0.2) is 0 Å². The average Bonchev–Trinajstić information content (AvgIpc) is 2.27. The second kappa shape index (κ2) is 5.39. The third-order valence-electron chi connectivity index (χ3n) is 2.47. The minimum Gasteiger partial charge on any atom is -0.291 e. The molecular weight excluding hydrogens is 268 g/mol. The third kappa shape index (κ3) is 3.01. The van der Waals surface area contributed by atoms with Gasteiger partial charge in [-0.05, 0) is 17.0 Å². The molecule has 1 rings (SSSR count).